The summed E-state index contributed by atoms with van der Waals surface area (Å²) < 4.78 is 34.3. The lowest BCUT2D eigenvalue weighted by atomic mass is 9.94. The molecule has 1 saturated heterocycles. The summed E-state index contributed by atoms with van der Waals surface area (Å²) in [5, 5.41) is 0. The van der Waals surface area contributed by atoms with Crippen molar-refractivity contribution in [2.45, 2.75) is 18.7 Å². The van der Waals surface area contributed by atoms with Crippen LogP contribution in [0.2, 0.25) is 0 Å². The van der Waals surface area contributed by atoms with Gasteiger partial charge in [0.1, 0.15) is 5.88 Å². The Balaban J connectivity index is 2.77. The first-order chi connectivity index (χ1) is 6.22. The molecular weight excluding hydrogens is 212 g/mol. The zero-order valence-corrected chi connectivity index (χ0v) is 8.61. The Morgan fingerprint density at radius 3 is 2.50 bits per heavy atom. The topological polar surface area (TPSA) is 110 Å². The highest BCUT2D eigenvalue weighted by Crippen LogP contribution is 2.29. The van der Waals surface area contributed by atoms with Crippen LogP contribution in [0.4, 0.5) is 0 Å². The summed E-state index contributed by atoms with van der Waals surface area (Å²) in [5.74, 6) is -1.40. The van der Waals surface area contributed by atoms with Crippen molar-refractivity contribution in [1.82, 2.24) is 4.90 Å². The third kappa shape index (κ3) is 1.61. The van der Waals surface area contributed by atoms with E-state index in [1.165, 1.54) is 14.0 Å². The zero-order valence-electron chi connectivity index (χ0n) is 7.80. The standard InChI is InChI=1S/C6H12N2O5S/c1-4-6(7,13-2)5(9)8(4)3-14(10,11)12/h4H,3,7H2,1-2H3,(H,10,11,12). The lowest BCUT2D eigenvalue weighted by molar-refractivity contribution is -0.192. The summed E-state index contributed by atoms with van der Waals surface area (Å²) in [7, 11) is -2.95. The largest absolute Gasteiger partial charge is 0.353 e. The number of ether oxygens (including phenoxy) is 1. The molecule has 1 amide bonds. The second-order valence-electron chi connectivity index (χ2n) is 3.16. The van der Waals surface area contributed by atoms with Gasteiger partial charge in [-0.25, -0.2) is 0 Å². The van der Waals surface area contributed by atoms with Crippen molar-refractivity contribution < 1.29 is 22.5 Å². The van der Waals surface area contributed by atoms with Gasteiger partial charge in [0.2, 0.25) is 5.72 Å². The molecule has 82 valence electrons. The summed E-state index contributed by atoms with van der Waals surface area (Å²) in [4.78, 5) is 12.2. The number of methoxy groups -OCH3 is 1. The first kappa shape index (κ1) is 11.4. The van der Waals surface area contributed by atoms with Crippen LogP contribution >= 0.6 is 0 Å². The van der Waals surface area contributed by atoms with Gasteiger partial charge in [-0.2, -0.15) is 8.42 Å². The molecule has 1 aliphatic rings. The predicted octanol–water partition coefficient (Wildman–Crippen LogP) is -1.64. The third-order valence-corrected chi connectivity index (χ3v) is 2.93. The second kappa shape index (κ2) is 3.16. The third-order valence-electron chi connectivity index (χ3n) is 2.32. The lowest BCUT2D eigenvalue weighted by Gasteiger charge is -2.50. The van der Waals surface area contributed by atoms with E-state index >= 15 is 0 Å². The van der Waals surface area contributed by atoms with Crippen LogP contribution in [0, 0.1) is 0 Å². The molecule has 0 aromatic carbocycles. The molecule has 0 aliphatic carbocycles. The van der Waals surface area contributed by atoms with E-state index in [1.54, 1.807) is 0 Å². The Kier molecular flexibility index (Phi) is 2.57. The molecule has 0 bridgehead atoms. The Labute approximate surface area is 81.6 Å². The van der Waals surface area contributed by atoms with Crippen LogP contribution in [0.1, 0.15) is 6.92 Å². The van der Waals surface area contributed by atoms with Crippen molar-refractivity contribution in [2.75, 3.05) is 13.0 Å². The molecule has 1 heterocycles. The van der Waals surface area contributed by atoms with Gasteiger partial charge in [0, 0.05) is 7.11 Å². The number of hydrogen-bond acceptors (Lipinski definition) is 5. The van der Waals surface area contributed by atoms with Gasteiger partial charge >= 0.3 is 0 Å². The van der Waals surface area contributed by atoms with Gasteiger partial charge in [-0.05, 0) is 6.92 Å². The highest BCUT2D eigenvalue weighted by molar-refractivity contribution is 7.85. The predicted molar refractivity (Wildman–Crippen MR) is 46.7 cm³/mol. The number of carbonyl (C=O) groups is 1. The molecule has 2 unspecified atom stereocenters. The first-order valence-electron chi connectivity index (χ1n) is 3.82. The molecule has 2 atom stereocenters. The minimum absolute atomic E-state index is 0.582. The molecule has 3 N–H and O–H groups in total. The number of hydrogen-bond donors (Lipinski definition) is 2. The maximum Gasteiger partial charge on any atom is 0.283 e. The molecule has 14 heavy (non-hydrogen) atoms. The average molecular weight is 224 g/mol. The summed E-state index contributed by atoms with van der Waals surface area (Å²) in [5.41, 5.74) is 4.04. The smallest absolute Gasteiger partial charge is 0.283 e. The monoisotopic (exact) mass is 224 g/mol. The fourth-order valence-electron chi connectivity index (χ4n) is 1.35. The lowest BCUT2D eigenvalue weighted by Crippen LogP contribution is -2.78. The summed E-state index contributed by atoms with van der Waals surface area (Å²) in [6.07, 6.45) is 0. The van der Waals surface area contributed by atoms with E-state index in [0.717, 1.165) is 4.90 Å². The minimum atomic E-state index is -4.21. The van der Waals surface area contributed by atoms with Gasteiger partial charge in [0.25, 0.3) is 16.0 Å². The summed E-state index contributed by atoms with van der Waals surface area (Å²) in [6, 6.07) is -0.582. The number of carbonyl (C=O) groups excluding carboxylic acids is 1. The number of nitrogens with two attached hydrogens (primary N) is 1. The van der Waals surface area contributed by atoms with E-state index in [1.807, 2.05) is 0 Å². The Bertz CT molecular complexity index is 353. The minimum Gasteiger partial charge on any atom is -0.353 e. The highest BCUT2D eigenvalue weighted by atomic mass is 32.2. The van der Waals surface area contributed by atoms with Gasteiger partial charge < -0.3 is 9.64 Å². The maximum absolute atomic E-state index is 11.3. The number of likely N-dealkylation sites (tertiary alicyclic amines) is 1. The van der Waals surface area contributed by atoms with Gasteiger partial charge in [-0.1, -0.05) is 0 Å². The van der Waals surface area contributed by atoms with Crippen molar-refractivity contribution in [3.05, 3.63) is 0 Å². The quantitative estimate of drug-likeness (QED) is 0.338. The van der Waals surface area contributed by atoms with E-state index < -0.39 is 33.7 Å². The summed E-state index contributed by atoms with van der Waals surface area (Å²) >= 11 is 0. The zero-order chi connectivity index (χ0) is 11.1. The van der Waals surface area contributed by atoms with Gasteiger partial charge in [-0.15, -0.1) is 0 Å². The van der Waals surface area contributed by atoms with Crippen LogP contribution in [0.25, 0.3) is 0 Å². The fourth-order valence-corrected chi connectivity index (χ4v) is 2.04. The van der Waals surface area contributed by atoms with Crippen molar-refractivity contribution in [2.24, 2.45) is 5.73 Å². The Morgan fingerprint density at radius 1 is 1.71 bits per heavy atom. The highest BCUT2D eigenvalue weighted by Gasteiger charge is 2.57. The van der Waals surface area contributed by atoms with Crippen LogP contribution in [0.3, 0.4) is 0 Å². The SMILES string of the molecule is COC1(N)C(=O)N(CS(=O)(=O)O)C1C. The molecule has 0 saturated carbocycles. The van der Waals surface area contributed by atoms with Gasteiger partial charge in [0.15, 0.2) is 0 Å². The van der Waals surface area contributed by atoms with Crippen molar-refractivity contribution in [3.8, 4) is 0 Å². The van der Waals surface area contributed by atoms with Crippen LogP contribution in [-0.4, -0.2) is 48.5 Å². The van der Waals surface area contributed by atoms with Crippen molar-refractivity contribution >= 4 is 16.0 Å². The molecular formula is C6H12N2O5S. The average Bonchev–Trinajstić information content (AvgIpc) is 2.10. The molecule has 1 fully saturated rings. The van der Waals surface area contributed by atoms with Crippen molar-refractivity contribution in [3.63, 3.8) is 0 Å². The van der Waals surface area contributed by atoms with E-state index in [2.05, 4.69) is 0 Å². The maximum atomic E-state index is 11.3. The molecule has 8 heteroatoms. The van der Waals surface area contributed by atoms with Crippen LogP contribution in [0.15, 0.2) is 0 Å². The Hall–Kier alpha value is -0.700. The molecule has 0 aromatic rings. The van der Waals surface area contributed by atoms with E-state index in [4.69, 9.17) is 15.0 Å². The van der Waals surface area contributed by atoms with Crippen LogP contribution in [-0.2, 0) is 19.6 Å². The number of nitrogens with zero attached hydrogens (tertiary/aromatic N) is 1. The molecule has 0 spiro atoms. The van der Waals surface area contributed by atoms with Gasteiger partial charge in [-0.3, -0.25) is 15.1 Å². The van der Waals surface area contributed by atoms with Crippen molar-refractivity contribution in [1.29, 1.82) is 0 Å². The van der Waals surface area contributed by atoms with E-state index in [-0.39, 0.29) is 0 Å². The molecule has 1 aliphatic heterocycles. The van der Waals surface area contributed by atoms with Crippen LogP contribution in [0.5, 0.6) is 0 Å². The van der Waals surface area contributed by atoms with E-state index in [0.29, 0.717) is 0 Å². The summed E-state index contributed by atoms with van der Waals surface area (Å²) in [6.45, 7) is 1.54. The number of rotatable bonds is 3. The molecule has 0 aromatic heterocycles. The number of β-lactam (4-membered cyclic amide) rings is 1. The van der Waals surface area contributed by atoms with Gasteiger partial charge in [0.05, 0.1) is 6.04 Å². The normalized spacial score (nSPS) is 33.0. The Morgan fingerprint density at radius 2 is 2.21 bits per heavy atom. The fraction of sp³-hybridized carbons (Fsp3) is 0.833. The second-order valence-corrected chi connectivity index (χ2v) is 4.58. The number of amides is 1. The van der Waals surface area contributed by atoms with E-state index in [9.17, 15) is 13.2 Å². The molecule has 0 radical (unpaired) electrons. The molecule has 1 rings (SSSR count). The van der Waals surface area contributed by atoms with Crippen LogP contribution < -0.4 is 5.73 Å². The first-order valence-corrected chi connectivity index (χ1v) is 5.43. The molecule has 7 nitrogen and oxygen atoms in total.